The van der Waals surface area contributed by atoms with E-state index in [1.54, 1.807) is 0 Å². The molecule has 0 aromatic heterocycles. The van der Waals surface area contributed by atoms with E-state index in [1.165, 1.54) is 6.42 Å². The maximum Gasteiger partial charge on any atom is 0.223 e. The second-order valence-corrected chi connectivity index (χ2v) is 5.69. The first-order chi connectivity index (χ1) is 8.74. The molecule has 2 aliphatic rings. The SMILES string of the molecule is NC(CNC(=O)C1CC2CC2C1)c1ccccc1. The minimum Gasteiger partial charge on any atom is -0.354 e. The smallest absolute Gasteiger partial charge is 0.223 e. The lowest BCUT2D eigenvalue weighted by atomic mass is 10.0. The molecule has 0 radical (unpaired) electrons. The highest BCUT2D eigenvalue weighted by Gasteiger charge is 2.47. The van der Waals surface area contributed by atoms with Gasteiger partial charge in [-0.25, -0.2) is 0 Å². The summed E-state index contributed by atoms with van der Waals surface area (Å²) in [6.45, 7) is 0.536. The number of hydrogen-bond acceptors (Lipinski definition) is 2. The van der Waals surface area contributed by atoms with Crippen LogP contribution < -0.4 is 11.1 Å². The minimum absolute atomic E-state index is 0.105. The third-order valence-corrected chi connectivity index (χ3v) is 4.34. The van der Waals surface area contributed by atoms with Crippen molar-refractivity contribution in [2.45, 2.75) is 25.3 Å². The Morgan fingerprint density at radius 2 is 1.89 bits per heavy atom. The number of hydrogen-bond donors (Lipinski definition) is 2. The molecule has 0 bridgehead atoms. The molecule has 2 fully saturated rings. The standard InChI is InChI=1S/C15H20N2O/c16-14(10-4-2-1-3-5-10)9-17-15(18)13-7-11-6-12(11)8-13/h1-5,11-14H,6-9,16H2,(H,17,18). The van der Waals surface area contributed by atoms with Gasteiger partial charge >= 0.3 is 0 Å². The zero-order valence-corrected chi connectivity index (χ0v) is 10.5. The molecule has 3 nitrogen and oxygen atoms in total. The van der Waals surface area contributed by atoms with Crippen LogP contribution in [0.5, 0.6) is 0 Å². The minimum atomic E-state index is -0.105. The van der Waals surface area contributed by atoms with Crippen molar-refractivity contribution in [2.24, 2.45) is 23.5 Å². The molecule has 3 atom stereocenters. The Morgan fingerprint density at radius 3 is 2.56 bits per heavy atom. The number of fused-ring (bicyclic) bond motifs is 1. The number of nitrogens with two attached hydrogens (primary N) is 1. The maximum atomic E-state index is 12.0. The van der Waals surface area contributed by atoms with Gasteiger partial charge in [0.15, 0.2) is 0 Å². The van der Waals surface area contributed by atoms with Crippen molar-refractivity contribution >= 4 is 5.91 Å². The summed E-state index contributed by atoms with van der Waals surface area (Å²) in [5, 5.41) is 3.00. The predicted octanol–water partition coefficient (Wildman–Crippen LogP) is 1.85. The highest BCUT2D eigenvalue weighted by Crippen LogP contribution is 2.54. The second-order valence-electron chi connectivity index (χ2n) is 5.69. The summed E-state index contributed by atoms with van der Waals surface area (Å²) >= 11 is 0. The molecule has 1 aromatic carbocycles. The summed E-state index contributed by atoms with van der Waals surface area (Å²) in [4.78, 5) is 12.0. The molecule has 3 N–H and O–H groups in total. The molecular formula is C15H20N2O. The molecule has 2 aliphatic carbocycles. The number of rotatable bonds is 4. The Morgan fingerprint density at radius 1 is 1.22 bits per heavy atom. The van der Waals surface area contributed by atoms with Gasteiger partial charge in [-0.2, -0.15) is 0 Å². The van der Waals surface area contributed by atoms with Crippen molar-refractivity contribution in [1.82, 2.24) is 5.32 Å². The molecular weight excluding hydrogens is 224 g/mol. The summed E-state index contributed by atoms with van der Waals surface area (Å²) in [5.74, 6) is 2.15. The van der Waals surface area contributed by atoms with E-state index in [0.717, 1.165) is 30.2 Å². The number of amides is 1. The average molecular weight is 244 g/mol. The van der Waals surface area contributed by atoms with Gasteiger partial charge in [0.2, 0.25) is 5.91 Å². The van der Waals surface area contributed by atoms with Crippen molar-refractivity contribution in [2.75, 3.05) is 6.54 Å². The Bertz CT molecular complexity index is 421. The zero-order valence-electron chi connectivity index (χ0n) is 10.5. The quantitative estimate of drug-likeness (QED) is 0.849. The Labute approximate surface area is 108 Å². The van der Waals surface area contributed by atoms with Gasteiger partial charge in [0.1, 0.15) is 0 Å². The summed E-state index contributed by atoms with van der Waals surface area (Å²) in [6.07, 6.45) is 3.54. The average Bonchev–Trinajstić information content (AvgIpc) is 3.03. The largest absolute Gasteiger partial charge is 0.354 e. The first-order valence-corrected chi connectivity index (χ1v) is 6.82. The molecule has 3 rings (SSSR count). The summed E-state index contributed by atoms with van der Waals surface area (Å²) < 4.78 is 0. The van der Waals surface area contributed by atoms with Crippen molar-refractivity contribution in [3.05, 3.63) is 35.9 Å². The van der Waals surface area contributed by atoms with E-state index >= 15 is 0 Å². The lowest BCUT2D eigenvalue weighted by Crippen LogP contribution is -2.35. The van der Waals surface area contributed by atoms with E-state index in [4.69, 9.17) is 5.73 Å². The summed E-state index contributed by atoms with van der Waals surface area (Å²) in [5.41, 5.74) is 7.14. The van der Waals surface area contributed by atoms with Crippen LogP contribution in [0.1, 0.15) is 30.9 Å². The fourth-order valence-electron chi connectivity index (χ4n) is 3.10. The Balaban J connectivity index is 1.47. The normalized spacial score (nSPS) is 30.6. The third-order valence-electron chi connectivity index (χ3n) is 4.34. The highest BCUT2D eigenvalue weighted by molar-refractivity contribution is 5.79. The molecule has 3 heteroatoms. The van der Waals surface area contributed by atoms with Gasteiger partial charge < -0.3 is 11.1 Å². The summed E-state index contributed by atoms with van der Waals surface area (Å²) in [6, 6.07) is 9.82. The number of nitrogens with one attached hydrogen (secondary N) is 1. The van der Waals surface area contributed by atoms with Crippen molar-refractivity contribution in [3.8, 4) is 0 Å². The predicted molar refractivity (Wildman–Crippen MR) is 70.7 cm³/mol. The van der Waals surface area contributed by atoms with Crippen LogP contribution in [0, 0.1) is 17.8 Å². The number of carbonyl (C=O) groups excluding carboxylic acids is 1. The lowest BCUT2D eigenvalue weighted by Gasteiger charge is -2.16. The third kappa shape index (κ3) is 2.41. The molecule has 96 valence electrons. The fraction of sp³-hybridized carbons (Fsp3) is 0.533. The molecule has 0 spiro atoms. The highest BCUT2D eigenvalue weighted by atomic mass is 16.1. The number of benzene rings is 1. The van der Waals surface area contributed by atoms with Crippen LogP contribution in [0.25, 0.3) is 0 Å². The topological polar surface area (TPSA) is 55.1 Å². The van der Waals surface area contributed by atoms with Crippen LogP contribution in [0.15, 0.2) is 30.3 Å². The van der Waals surface area contributed by atoms with Gasteiger partial charge in [-0.1, -0.05) is 30.3 Å². The van der Waals surface area contributed by atoms with E-state index in [9.17, 15) is 4.79 Å². The van der Waals surface area contributed by atoms with Gasteiger partial charge in [0.05, 0.1) is 0 Å². The lowest BCUT2D eigenvalue weighted by molar-refractivity contribution is -0.125. The maximum absolute atomic E-state index is 12.0. The van der Waals surface area contributed by atoms with E-state index in [2.05, 4.69) is 5.32 Å². The molecule has 0 saturated heterocycles. The van der Waals surface area contributed by atoms with E-state index < -0.39 is 0 Å². The van der Waals surface area contributed by atoms with Crippen LogP contribution in [0.4, 0.5) is 0 Å². The second kappa shape index (κ2) is 4.73. The van der Waals surface area contributed by atoms with E-state index in [-0.39, 0.29) is 17.9 Å². The van der Waals surface area contributed by atoms with Crippen LogP contribution in [-0.2, 0) is 4.79 Å². The Hall–Kier alpha value is -1.35. The van der Waals surface area contributed by atoms with Crippen LogP contribution in [-0.4, -0.2) is 12.5 Å². The van der Waals surface area contributed by atoms with Crippen molar-refractivity contribution in [1.29, 1.82) is 0 Å². The fourth-order valence-corrected chi connectivity index (χ4v) is 3.10. The van der Waals surface area contributed by atoms with E-state index in [1.807, 2.05) is 30.3 Å². The molecule has 0 aliphatic heterocycles. The summed E-state index contributed by atoms with van der Waals surface area (Å²) in [7, 11) is 0. The van der Waals surface area contributed by atoms with Crippen LogP contribution >= 0.6 is 0 Å². The van der Waals surface area contributed by atoms with Gasteiger partial charge in [0, 0.05) is 18.5 Å². The van der Waals surface area contributed by atoms with Crippen LogP contribution in [0.3, 0.4) is 0 Å². The molecule has 2 saturated carbocycles. The van der Waals surface area contributed by atoms with Gasteiger partial charge in [-0.15, -0.1) is 0 Å². The van der Waals surface area contributed by atoms with Gasteiger partial charge in [-0.05, 0) is 36.7 Å². The van der Waals surface area contributed by atoms with E-state index in [0.29, 0.717) is 6.54 Å². The first-order valence-electron chi connectivity index (χ1n) is 6.82. The Kier molecular flexibility index (Phi) is 3.08. The van der Waals surface area contributed by atoms with Crippen molar-refractivity contribution < 1.29 is 4.79 Å². The monoisotopic (exact) mass is 244 g/mol. The van der Waals surface area contributed by atoms with Crippen molar-refractivity contribution in [3.63, 3.8) is 0 Å². The molecule has 18 heavy (non-hydrogen) atoms. The molecule has 3 unspecified atom stereocenters. The molecule has 1 amide bonds. The van der Waals surface area contributed by atoms with Gasteiger partial charge in [-0.3, -0.25) is 4.79 Å². The first kappa shape index (κ1) is 11.7. The molecule has 1 aromatic rings. The molecule has 0 heterocycles. The van der Waals surface area contributed by atoms with Gasteiger partial charge in [0.25, 0.3) is 0 Å². The van der Waals surface area contributed by atoms with Crippen LogP contribution in [0.2, 0.25) is 0 Å². The zero-order chi connectivity index (χ0) is 12.5. The number of carbonyl (C=O) groups is 1.